The summed E-state index contributed by atoms with van der Waals surface area (Å²) in [6.07, 6.45) is 4.82. The number of amides is 2. The molecule has 0 radical (unpaired) electrons. The Morgan fingerprint density at radius 2 is 2.26 bits per heavy atom. The van der Waals surface area contributed by atoms with Gasteiger partial charge in [0, 0.05) is 25.6 Å². The molecule has 0 bridgehead atoms. The van der Waals surface area contributed by atoms with E-state index in [1.54, 1.807) is 11.8 Å². The van der Waals surface area contributed by atoms with Gasteiger partial charge in [-0.15, -0.1) is 0 Å². The Morgan fingerprint density at radius 3 is 2.89 bits per heavy atom. The predicted octanol–water partition coefficient (Wildman–Crippen LogP) is 2.02. The van der Waals surface area contributed by atoms with Crippen molar-refractivity contribution in [3.05, 3.63) is 0 Å². The summed E-state index contributed by atoms with van der Waals surface area (Å²) in [5, 5.41) is 11.7. The highest BCUT2D eigenvalue weighted by atomic mass is 32.2. The van der Waals surface area contributed by atoms with Crippen molar-refractivity contribution < 1.29 is 14.7 Å². The number of likely N-dealkylation sites (tertiary alicyclic amines) is 1. The van der Waals surface area contributed by atoms with Gasteiger partial charge in [-0.2, -0.15) is 11.8 Å². The number of carboxylic acids is 1. The van der Waals surface area contributed by atoms with Crippen LogP contribution >= 0.6 is 11.8 Å². The van der Waals surface area contributed by atoms with Crippen LogP contribution in [0.5, 0.6) is 0 Å². The van der Waals surface area contributed by atoms with E-state index in [0.29, 0.717) is 18.9 Å². The van der Waals surface area contributed by atoms with Crippen LogP contribution in [0.1, 0.15) is 32.6 Å². The first-order valence-electron chi connectivity index (χ1n) is 6.79. The fourth-order valence-corrected chi connectivity index (χ4v) is 2.84. The Bertz CT molecular complexity index is 312. The zero-order chi connectivity index (χ0) is 14.3. The predicted molar refractivity (Wildman–Crippen MR) is 77.5 cm³/mol. The highest BCUT2D eigenvalue weighted by Crippen LogP contribution is 2.21. The molecule has 1 heterocycles. The lowest BCUT2D eigenvalue weighted by Crippen LogP contribution is -2.43. The van der Waals surface area contributed by atoms with E-state index >= 15 is 0 Å². The second-order valence-electron chi connectivity index (χ2n) is 5.17. The average molecular weight is 288 g/mol. The van der Waals surface area contributed by atoms with E-state index in [2.05, 4.69) is 11.6 Å². The van der Waals surface area contributed by atoms with Crippen molar-refractivity contribution in [1.82, 2.24) is 10.2 Å². The second kappa shape index (κ2) is 8.30. The van der Waals surface area contributed by atoms with E-state index < -0.39 is 5.97 Å². The Labute approximate surface area is 119 Å². The van der Waals surface area contributed by atoms with Crippen LogP contribution in [-0.2, 0) is 4.79 Å². The summed E-state index contributed by atoms with van der Waals surface area (Å²) in [6, 6.07) is 0.185. The molecule has 19 heavy (non-hydrogen) atoms. The van der Waals surface area contributed by atoms with Gasteiger partial charge < -0.3 is 15.3 Å². The molecular formula is C13H24N2O3S. The molecule has 0 aliphatic carbocycles. The summed E-state index contributed by atoms with van der Waals surface area (Å²) in [6.45, 7) is 3.45. The van der Waals surface area contributed by atoms with Gasteiger partial charge in [0.15, 0.2) is 0 Å². The van der Waals surface area contributed by atoms with E-state index in [9.17, 15) is 9.59 Å². The molecule has 6 heteroatoms. The maximum absolute atomic E-state index is 12.0. The van der Waals surface area contributed by atoms with Gasteiger partial charge in [-0.25, -0.2) is 4.79 Å². The molecule has 2 N–H and O–H groups in total. The standard InChI is InChI=1S/C13H24N2O3S/c1-10(6-8-19-2)14-13(18)15-7-5-11(9-15)3-4-12(16)17/h10-11H,3-9H2,1-2H3,(H,14,18)(H,16,17). The monoisotopic (exact) mass is 288 g/mol. The zero-order valence-corrected chi connectivity index (χ0v) is 12.5. The van der Waals surface area contributed by atoms with Crippen molar-refractivity contribution in [3.63, 3.8) is 0 Å². The lowest BCUT2D eigenvalue weighted by atomic mass is 10.0. The van der Waals surface area contributed by atoms with E-state index in [-0.39, 0.29) is 18.5 Å². The smallest absolute Gasteiger partial charge is 0.317 e. The van der Waals surface area contributed by atoms with Gasteiger partial charge in [0.05, 0.1) is 0 Å². The largest absolute Gasteiger partial charge is 0.481 e. The SMILES string of the molecule is CSCCC(C)NC(=O)N1CCC(CCC(=O)O)C1. The Balaban J connectivity index is 2.25. The van der Waals surface area contributed by atoms with Gasteiger partial charge in [0.25, 0.3) is 0 Å². The molecule has 1 rings (SSSR count). The second-order valence-corrected chi connectivity index (χ2v) is 6.15. The van der Waals surface area contributed by atoms with Crippen LogP contribution in [0.2, 0.25) is 0 Å². The summed E-state index contributed by atoms with van der Waals surface area (Å²) in [5.74, 6) is 0.625. The Morgan fingerprint density at radius 1 is 1.53 bits per heavy atom. The normalized spacial score (nSPS) is 20.3. The molecular weight excluding hydrogens is 264 g/mol. The van der Waals surface area contributed by atoms with Crippen LogP contribution in [0, 0.1) is 5.92 Å². The third-order valence-corrected chi connectivity index (χ3v) is 4.11. The first-order chi connectivity index (χ1) is 9.02. The maximum atomic E-state index is 12.0. The third-order valence-electron chi connectivity index (χ3n) is 3.46. The quantitative estimate of drug-likeness (QED) is 0.752. The lowest BCUT2D eigenvalue weighted by molar-refractivity contribution is -0.137. The molecule has 2 amide bonds. The number of nitrogens with one attached hydrogen (secondary N) is 1. The number of hydrogen-bond acceptors (Lipinski definition) is 3. The summed E-state index contributed by atoms with van der Waals surface area (Å²) >= 11 is 1.78. The average Bonchev–Trinajstić information content (AvgIpc) is 2.82. The zero-order valence-electron chi connectivity index (χ0n) is 11.7. The molecule has 0 aromatic heterocycles. The number of nitrogens with zero attached hydrogens (tertiary/aromatic N) is 1. The molecule has 5 nitrogen and oxygen atoms in total. The molecule has 2 unspecified atom stereocenters. The van der Waals surface area contributed by atoms with E-state index in [4.69, 9.17) is 5.11 Å². The minimum absolute atomic E-state index is 0.00794. The van der Waals surface area contributed by atoms with E-state index in [0.717, 1.165) is 25.1 Å². The van der Waals surface area contributed by atoms with Crippen molar-refractivity contribution in [2.24, 2.45) is 5.92 Å². The van der Waals surface area contributed by atoms with Crippen molar-refractivity contribution >= 4 is 23.8 Å². The first-order valence-corrected chi connectivity index (χ1v) is 8.18. The minimum atomic E-state index is -0.756. The summed E-state index contributed by atoms with van der Waals surface area (Å²) in [4.78, 5) is 24.3. The number of carbonyl (C=O) groups is 2. The molecule has 1 aliphatic heterocycles. The summed E-state index contributed by atoms with van der Waals surface area (Å²) < 4.78 is 0. The number of carbonyl (C=O) groups excluding carboxylic acids is 1. The van der Waals surface area contributed by atoms with Gasteiger partial charge in [-0.05, 0) is 44.1 Å². The lowest BCUT2D eigenvalue weighted by Gasteiger charge is -2.21. The van der Waals surface area contributed by atoms with Gasteiger partial charge >= 0.3 is 12.0 Å². The van der Waals surface area contributed by atoms with Crippen molar-refractivity contribution in [3.8, 4) is 0 Å². The molecule has 110 valence electrons. The topological polar surface area (TPSA) is 69.6 Å². The number of hydrogen-bond donors (Lipinski definition) is 2. The molecule has 0 spiro atoms. The van der Waals surface area contributed by atoms with Crippen LogP contribution in [-0.4, -0.2) is 53.1 Å². The number of aliphatic carboxylic acids is 1. The van der Waals surface area contributed by atoms with Crippen LogP contribution in [0.15, 0.2) is 0 Å². The molecule has 1 aliphatic rings. The van der Waals surface area contributed by atoms with E-state index in [1.807, 2.05) is 11.8 Å². The van der Waals surface area contributed by atoms with Crippen molar-refractivity contribution in [2.45, 2.75) is 38.6 Å². The van der Waals surface area contributed by atoms with Crippen molar-refractivity contribution in [1.29, 1.82) is 0 Å². The fraction of sp³-hybridized carbons (Fsp3) is 0.846. The van der Waals surface area contributed by atoms with Crippen LogP contribution < -0.4 is 5.32 Å². The minimum Gasteiger partial charge on any atom is -0.481 e. The van der Waals surface area contributed by atoms with Crippen LogP contribution in [0.4, 0.5) is 4.79 Å². The van der Waals surface area contributed by atoms with Crippen molar-refractivity contribution in [2.75, 3.05) is 25.1 Å². The molecule has 0 aromatic carbocycles. The van der Waals surface area contributed by atoms with Gasteiger partial charge in [0.1, 0.15) is 0 Å². The molecule has 2 atom stereocenters. The molecule has 0 saturated carbocycles. The Hall–Kier alpha value is -0.910. The third kappa shape index (κ3) is 6.18. The number of carboxylic acid groups (broad SMARTS) is 1. The highest BCUT2D eigenvalue weighted by molar-refractivity contribution is 7.98. The number of rotatable bonds is 7. The molecule has 1 saturated heterocycles. The fourth-order valence-electron chi connectivity index (χ4n) is 2.25. The van der Waals surface area contributed by atoms with Gasteiger partial charge in [-0.3, -0.25) is 4.79 Å². The van der Waals surface area contributed by atoms with Crippen LogP contribution in [0.3, 0.4) is 0 Å². The highest BCUT2D eigenvalue weighted by Gasteiger charge is 2.26. The Kier molecular flexibility index (Phi) is 7.05. The van der Waals surface area contributed by atoms with Crippen LogP contribution in [0.25, 0.3) is 0 Å². The summed E-state index contributed by atoms with van der Waals surface area (Å²) in [5.41, 5.74) is 0. The molecule has 1 fully saturated rings. The van der Waals surface area contributed by atoms with E-state index in [1.165, 1.54) is 0 Å². The first kappa shape index (κ1) is 16.1. The number of thioether (sulfide) groups is 1. The number of urea groups is 1. The molecule has 0 aromatic rings. The maximum Gasteiger partial charge on any atom is 0.317 e. The summed E-state index contributed by atoms with van der Waals surface area (Å²) in [7, 11) is 0. The van der Waals surface area contributed by atoms with Gasteiger partial charge in [-0.1, -0.05) is 0 Å². The van der Waals surface area contributed by atoms with Gasteiger partial charge in [0.2, 0.25) is 0 Å².